The van der Waals surface area contributed by atoms with Crippen LogP contribution in [0.25, 0.3) is 0 Å². The summed E-state index contributed by atoms with van der Waals surface area (Å²) in [6.45, 7) is 1.86. The molecule has 0 saturated carbocycles. The number of aromatic nitrogens is 3. The number of anilines is 3. The lowest BCUT2D eigenvalue weighted by Crippen LogP contribution is -2.30. The number of aryl methyl sites for hydroxylation is 1. The average Bonchev–Trinajstić information content (AvgIpc) is 2.68. The second-order valence-electron chi connectivity index (χ2n) is 5.43. The Kier molecular flexibility index (Phi) is 5.17. The van der Waals surface area contributed by atoms with Crippen LogP contribution in [0.3, 0.4) is 0 Å². The molecule has 0 spiro atoms. The van der Waals surface area contributed by atoms with E-state index in [-0.39, 0.29) is 11.6 Å². The minimum Gasteiger partial charge on any atom is -0.334 e. The molecular weight excluding hydrogens is 350 g/mol. The van der Waals surface area contributed by atoms with E-state index in [0.717, 1.165) is 11.9 Å². The number of amides is 1. The Morgan fingerprint density at radius 2 is 1.78 bits per heavy atom. The number of nitrogens with zero attached hydrogens (tertiary/aromatic N) is 4. The van der Waals surface area contributed by atoms with E-state index in [4.69, 9.17) is 0 Å². The number of benzene rings is 1. The number of nitrogens with one attached hydrogen (secondary N) is 3. The predicted octanol–water partition coefficient (Wildman–Crippen LogP) is 2.59. The van der Waals surface area contributed by atoms with E-state index < -0.39 is 16.5 Å². The van der Waals surface area contributed by atoms with Crippen molar-refractivity contribution in [2.24, 2.45) is 0 Å². The van der Waals surface area contributed by atoms with E-state index in [0.29, 0.717) is 11.3 Å². The zero-order valence-electron chi connectivity index (χ0n) is 14.2. The maximum Gasteiger partial charge on any atom is 0.355 e. The highest BCUT2D eigenvalue weighted by Gasteiger charge is 2.24. The van der Waals surface area contributed by atoms with Gasteiger partial charge in [-0.25, -0.2) is 9.97 Å². The monoisotopic (exact) mass is 365 g/mol. The van der Waals surface area contributed by atoms with Crippen LogP contribution in [0, 0.1) is 17.0 Å². The molecule has 0 unspecified atom stereocenters. The van der Waals surface area contributed by atoms with Gasteiger partial charge in [-0.2, -0.15) is 0 Å². The van der Waals surface area contributed by atoms with Crippen LogP contribution in [0.2, 0.25) is 0 Å². The molecule has 2 heterocycles. The van der Waals surface area contributed by atoms with Crippen LogP contribution in [0.5, 0.6) is 0 Å². The molecule has 0 aliphatic rings. The zero-order chi connectivity index (χ0) is 19.2. The number of hydrogen-bond donors (Lipinski definition) is 3. The molecular formula is C17H15N7O3. The van der Waals surface area contributed by atoms with Gasteiger partial charge >= 0.3 is 5.69 Å². The Morgan fingerprint density at radius 3 is 2.48 bits per heavy atom. The van der Waals surface area contributed by atoms with Gasteiger partial charge in [-0.3, -0.25) is 30.7 Å². The third-order valence-corrected chi connectivity index (χ3v) is 3.64. The second kappa shape index (κ2) is 7.87. The number of hydrogen-bond acceptors (Lipinski definition) is 8. The first kappa shape index (κ1) is 17.7. The molecule has 10 heteroatoms. The van der Waals surface area contributed by atoms with Crippen molar-refractivity contribution >= 4 is 28.9 Å². The van der Waals surface area contributed by atoms with E-state index >= 15 is 0 Å². The van der Waals surface area contributed by atoms with Crippen molar-refractivity contribution in [2.45, 2.75) is 6.92 Å². The second-order valence-corrected chi connectivity index (χ2v) is 5.43. The highest BCUT2D eigenvalue weighted by atomic mass is 16.6. The van der Waals surface area contributed by atoms with Crippen LogP contribution in [0.15, 0.2) is 55.1 Å². The number of hydrazine groups is 1. The molecule has 136 valence electrons. The minimum absolute atomic E-state index is 0.00459. The van der Waals surface area contributed by atoms with Gasteiger partial charge in [0.15, 0.2) is 0 Å². The van der Waals surface area contributed by atoms with Crippen molar-refractivity contribution in [1.82, 2.24) is 20.4 Å². The van der Waals surface area contributed by atoms with Crippen LogP contribution in [0.4, 0.5) is 23.0 Å². The highest BCUT2D eigenvalue weighted by molar-refractivity contribution is 5.94. The summed E-state index contributed by atoms with van der Waals surface area (Å²) in [5, 5.41) is 14.5. The van der Waals surface area contributed by atoms with Crippen LogP contribution >= 0.6 is 0 Å². The van der Waals surface area contributed by atoms with Gasteiger partial charge < -0.3 is 5.32 Å². The number of carbonyl (C=O) groups excluding carboxylic acids is 1. The van der Waals surface area contributed by atoms with Crippen molar-refractivity contribution in [3.8, 4) is 0 Å². The molecule has 1 amide bonds. The molecule has 0 aliphatic heterocycles. The molecule has 0 fully saturated rings. The number of nitro groups is 1. The molecule has 0 radical (unpaired) electrons. The minimum atomic E-state index is -0.623. The van der Waals surface area contributed by atoms with E-state index in [1.165, 1.54) is 24.5 Å². The van der Waals surface area contributed by atoms with E-state index in [2.05, 4.69) is 31.1 Å². The number of para-hydroxylation sites is 1. The Bertz CT molecular complexity index is 979. The van der Waals surface area contributed by atoms with Crippen molar-refractivity contribution in [2.75, 3.05) is 10.7 Å². The molecule has 0 aliphatic carbocycles. The van der Waals surface area contributed by atoms with Crippen molar-refractivity contribution in [3.63, 3.8) is 0 Å². The maximum absolute atomic E-state index is 12.1. The highest BCUT2D eigenvalue weighted by Crippen LogP contribution is 2.31. The third kappa shape index (κ3) is 4.12. The lowest BCUT2D eigenvalue weighted by Gasteiger charge is -2.12. The van der Waals surface area contributed by atoms with E-state index in [9.17, 15) is 14.9 Å². The van der Waals surface area contributed by atoms with Crippen LogP contribution in [0.1, 0.15) is 15.9 Å². The van der Waals surface area contributed by atoms with Gasteiger partial charge in [0.2, 0.25) is 11.6 Å². The summed E-state index contributed by atoms with van der Waals surface area (Å²) in [7, 11) is 0. The Balaban J connectivity index is 1.84. The first-order valence-electron chi connectivity index (χ1n) is 7.84. The van der Waals surface area contributed by atoms with Gasteiger partial charge in [0, 0.05) is 23.6 Å². The first-order valence-corrected chi connectivity index (χ1v) is 7.84. The van der Waals surface area contributed by atoms with Crippen molar-refractivity contribution in [3.05, 3.63) is 76.4 Å². The topological polar surface area (TPSA) is 135 Å². The molecule has 27 heavy (non-hydrogen) atoms. The summed E-state index contributed by atoms with van der Waals surface area (Å²) < 4.78 is 0. The molecule has 0 saturated heterocycles. The van der Waals surface area contributed by atoms with Gasteiger partial charge in [-0.05, 0) is 30.7 Å². The lowest BCUT2D eigenvalue weighted by molar-refractivity contribution is -0.383. The fraction of sp³-hybridized carbons (Fsp3) is 0.0588. The van der Waals surface area contributed by atoms with Gasteiger partial charge in [-0.1, -0.05) is 18.2 Å². The van der Waals surface area contributed by atoms with Crippen molar-refractivity contribution in [1.29, 1.82) is 0 Å². The smallest absolute Gasteiger partial charge is 0.334 e. The fourth-order valence-corrected chi connectivity index (χ4v) is 2.27. The summed E-state index contributed by atoms with van der Waals surface area (Å²) in [4.78, 5) is 34.7. The van der Waals surface area contributed by atoms with Gasteiger partial charge in [-0.15, -0.1) is 0 Å². The van der Waals surface area contributed by atoms with Crippen LogP contribution in [-0.4, -0.2) is 25.8 Å². The number of pyridine rings is 1. The summed E-state index contributed by atoms with van der Waals surface area (Å²) >= 11 is 0. The van der Waals surface area contributed by atoms with Crippen molar-refractivity contribution < 1.29 is 9.72 Å². The van der Waals surface area contributed by atoms with E-state index in [1.807, 2.05) is 19.1 Å². The van der Waals surface area contributed by atoms with E-state index in [1.54, 1.807) is 12.1 Å². The molecule has 1 aromatic carbocycles. The molecule has 2 aromatic heterocycles. The van der Waals surface area contributed by atoms with Gasteiger partial charge in [0.25, 0.3) is 5.91 Å². The molecule has 10 nitrogen and oxygen atoms in total. The SMILES string of the molecule is Cc1ccccc1Nc1ncnc(NNC(=O)c2ccncc2)c1[N+](=O)[O-]. The number of rotatable bonds is 6. The summed E-state index contributed by atoms with van der Waals surface area (Å²) in [6.07, 6.45) is 4.09. The van der Waals surface area contributed by atoms with Gasteiger partial charge in [0.05, 0.1) is 4.92 Å². The zero-order valence-corrected chi connectivity index (χ0v) is 14.2. The quantitative estimate of drug-likeness (QED) is 0.448. The number of carbonyl (C=O) groups is 1. The summed E-state index contributed by atoms with van der Waals surface area (Å²) in [6, 6.07) is 10.3. The Labute approximate surface area is 153 Å². The summed E-state index contributed by atoms with van der Waals surface area (Å²) in [5.74, 6) is -0.628. The van der Waals surface area contributed by atoms with Crippen LogP contribution in [-0.2, 0) is 0 Å². The Morgan fingerprint density at radius 1 is 1.07 bits per heavy atom. The maximum atomic E-state index is 12.1. The van der Waals surface area contributed by atoms with Gasteiger partial charge in [0.1, 0.15) is 6.33 Å². The fourth-order valence-electron chi connectivity index (χ4n) is 2.27. The Hall–Kier alpha value is -4.08. The lowest BCUT2D eigenvalue weighted by atomic mass is 10.2. The molecule has 3 rings (SSSR count). The predicted molar refractivity (Wildman–Crippen MR) is 98.5 cm³/mol. The molecule has 3 aromatic rings. The normalized spacial score (nSPS) is 10.1. The van der Waals surface area contributed by atoms with Crippen LogP contribution < -0.4 is 16.2 Å². The third-order valence-electron chi connectivity index (χ3n) is 3.64. The largest absolute Gasteiger partial charge is 0.355 e. The standard InChI is InChI=1S/C17H15N7O3/c1-11-4-2-3-5-13(11)21-15-14(24(26)27)16(20-10-19-15)22-23-17(25)12-6-8-18-9-7-12/h2-10H,1H3,(H,23,25)(H2,19,20,21,22). The summed E-state index contributed by atoms with van der Waals surface area (Å²) in [5.41, 5.74) is 6.37. The average molecular weight is 365 g/mol. The molecule has 3 N–H and O–H groups in total. The molecule has 0 atom stereocenters. The molecule has 0 bridgehead atoms. The first-order chi connectivity index (χ1) is 13.1.